The highest BCUT2D eigenvalue weighted by Crippen LogP contribution is 2.68. The summed E-state index contributed by atoms with van der Waals surface area (Å²) in [7, 11) is 0. The second kappa shape index (κ2) is 8.73. The van der Waals surface area contributed by atoms with Crippen molar-refractivity contribution in [2.75, 3.05) is 13.2 Å². The average Bonchev–Trinajstić information content (AvgIpc) is 3.07. The number of aliphatic hydroxyl groups excluding tert-OH is 1. The Kier molecular flexibility index (Phi) is 6.57. The lowest BCUT2D eigenvalue weighted by Crippen LogP contribution is -2.54. The maximum absolute atomic E-state index is 11.1. The Labute approximate surface area is 183 Å². The van der Waals surface area contributed by atoms with Gasteiger partial charge in [0.2, 0.25) is 0 Å². The zero-order chi connectivity index (χ0) is 21.5. The Morgan fingerprint density at radius 1 is 1.03 bits per heavy atom. The number of ether oxygens (including phenoxy) is 1. The first-order valence-electron chi connectivity index (χ1n) is 12.7. The van der Waals surface area contributed by atoms with Crippen molar-refractivity contribution in [1.29, 1.82) is 0 Å². The summed E-state index contributed by atoms with van der Waals surface area (Å²) in [6.07, 6.45) is 13.3. The van der Waals surface area contributed by atoms with Crippen LogP contribution in [0.2, 0.25) is 0 Å². The third kappa shape index (κ3) is 3.85. The quantitative estimate of drug-likeness (QED) is 0.569. The smallest absolute Gasteiger partial charge is 0.303 e. The molecule has 0 aliphatic heterocycles. The van der Waals surface area contributed by atoms with Crippen LogP contribution in [0.3, 0.4) is 0 Å². The monoisotopic (exact) mass is 420 g/mol. The molecule has 30 heavy (non-hydrogen) atoms. The minimum Gasteiger partial charge on any atom is -0.481 e. The van der Waals surface area contributed by atoms with Gasteiger partial charge in [-0.1, -0.05) is 20.8 Å². The Hall–Kier alpha value is -0.610. The van der Waals surface area contributed by atoms with E-state index < -0.39 is 5.97 Å². The van der Waals surface area contributed by atoms with Gasteiger partial charge in [0.25, 0.3) is 0 Å². The van der Waals surface area contributed by atoms with Crippen LogP contribution in [0, 0.1) is 46.3 Å². The number of carbonyl (C=O) groups is 1. The summed E-state index contributed by atoms with van der Waals surface area (Å²) in [6, 6.07) is 0. The van der Waals surface area contributed by atoms with Crippen molar-refractivity contribution in [2.45, 2.75) is 97.5 Å². The number of rotatable bonds is 7. The van der Waals surface area contributed by atoms with E-state index in [9.17, 15) is 4.79 Å². The lowest BCUT2D eigenvalue weighted by Gasteiger charge is -2.61. The van der Waals surface area contributed by atoms with Crippen LogP contribution in [0.1, 0.15) is 91.4 Å². The topological polar surface area (TPSA) is 66.8 Å². The van der Waals surface area contributed by atoms with Crippen LogP contribution >= 0.6 is 0 Å². The summed E-state index contributed by atoms with van der Waals surface area (Å²) in [5, 5.41) is 18.3. The van der Waals surface area contributed by atoms with Gasteiger partial charge in [-0.25, -0.2) is 0 Å². The van der Waals surface area contributed by atoms with Gasteiger partial charge in [-0.05, 0) is 111 Å². The van der Waals surface area contributed by atoms with Crippen LogP contribution < -0.4 is 0 Å². The minimum atomic E-state index is -0.643. The lowest BCUT2D eigenvalue weighted by atomic mass is 9.44. The maximum Gasteiger partial charge on any atom is 0.303 e. The van der Waals surface area contributed by atoms with Crippen LogP contribution in [-0.2, 0) is 9.53 Å². The van der Waals surface area contributed by atoms with Crippen LogP contribution in [0.5, 0.6) is 0 Å². The normalized spacial score (nSPS) is 46.5. The second-order valence-electron chi connectivity index (χ2n) is 11.8. The Bertz CT molecular complexity index is 620. The average molecular weight is 421 g/mol. The van der Waals surface area contributed by atoms with Gasteiger partial charge in [-0.15, -0.1) is 0 Å². The molecule has 0 aromatic heterocycles. The molecule has 0 aromatic carbocycles. The van der Waals surface area contributed by atoms with Crippen molar-refractivity contribution in [3.63, 3.8) is 0 Å². The van der Waals surface area contributed by atoms with E-state index in [1.54, 1.807) is 0 Å². The predicted octanol–water partition coefficient (Wildman–Crippen LogP) is 5.52. The SMILES string of the molecule is C[C@H](CCC(=O)O)[C@H]1CC[C@H]2[C@@H]3CC[C@@H]4C[C@@H](OCCO)CC[C@]4(C)[C@H]3CC[C@]12C. The van der Waals surface area contributed by atoms with Gasteiger partial charge in [-0.3, -0.25) is 4.79 Å². The Balaban J connectivity index is 1.45. The van der Waals surface area contributed by atoms with Gasteiger partial charge in [-0.2, -0.15) is 0 Å². The maximum atomic E-state index is 11.1. The number of aliphatic hydroxyl groups is 1. The number of carboxylic acids is 1. The number of aliphatic carboxylic acids is 1. The number of carboxylic acid groups (broad SMARTS) is 1. The van der Waals surface area contributed by atoms with Crippen molar-refractivity contribution in [1.82, 2.24) is 0 Å². The largest absolute Gasteiger partial charge is 0.481 e. The molecule has 0 bridgehead atoms. The molecule has 4 rings (SSSR count). The van der Waals surface area contributed by atoms with Crippen molar-refractivity contribution >= 4 is 5.97 Å². The van der Waals surface area contributed by atoms with Crippen LogP contribution in [-0.4, -0.2) is 35.5 Å². The summed E-state index contributed by atoms with van der Waals surface area (Å²) in [5.41, 5.74) is 0.889. The van der Waals surface area contributed by atoms with Gasteiger partial charge < -0.3 is 14.9 Å². The Morgan fingerprint density at radius 2 is 1.77 bits per heavy atom. The molecule has 0 unspecified atom stereocenters. The molecule has 4 aliphatic rings. The summed E-state index contributed by atoms with van der Waals surface area (Å²) in [4.78, 5) is 11.1. The van der Waals surface area contributed by atoms with Crippen LogP contribution in [0.4, 0.5) is 0 Å². The van der Waals surface area contributed by atoms with E-state index in [0.717, 1.165) is 36.5 Å². The van der Waals surface area contributed by atoms with Gasteiger partial charge in [0.05, 0.1) is 19.3 Å². The van der Waals surface area contributed by atoms with E-state index in [1.807, 2.05) is 0 Å². The number of hydrogen-bond acceptors (Lipinski definition) is 3. The molecule has 0 aromatic rings. The molecule has 4 fully saturated rings. The van der Waals surface area contributed by atoms with Gasteiger partial charge >= 0.3 is 5.97 Å². The highest BCUT2D eigenvalue weighted by atomic mass is 16.5. The summed E-state index contributed by atoms with van der Waals surface area (Å²) >= 11 is 0. The van der Waals surface area contributed by atoms with Crippen molar-refractivity contribution in [3.8, 4) is 0 Å². The molecule has 4 aliphatic carbocycles. The van der Waals surface area contributed by atoms with Crippen molar-refractivity contribution in [3.05, 3.63) is 0 Å². The Morgan fingerprint density at radius 3 is 2.50 bits per heavy atom. The van der Waals surface area contributed by atoms with E-state index in [0.29, 0.717) is 41.8 Å². The molecule has 0 spiro atoms. The van der Waals surface area contributed by atoms with Crippen molar-refractivity contribution < 1.29 is 19.7 Å². The molecular weight excluding hydrogens is 376 g/mol. The minimum absolute atomic E-state index is 0.134. The predicted molar refractivity (Wildman–Crippen MR) is 118 cm³/mol. The fraction of sp³-hybridized carbons (Fsp3) is 0.962. The molecule has 4 saturated carbocycles. The molecular formula is C26H44O4. The standard InChI is InChI=1S/C26H44O4/c1-17(4-9-24(28)29)21-7-8-22-20-6-5-18-16-19(30-15-14-27)10-12-25(18,2)23(20)11-13-26(21,22)3/h17-23,27H,4-16H2,1-3H3,(H,28,29)/t17-,18-,19+,20+,21-,22+,23+,25+,26-/m1/s1. The molecule has 0 heterocycles. The lowest BCUT2D eigenvalue weighted by molar-refractivity contribution is -0.140. The van der Waals surface area contributed by atoms with E-state index >= 15 is 0 Å². The van der Waals surface area contributed by atoms with E-state index in [4.69, 9.17) is 14.9 Å². The van der Waals surface area contributed by atoms with Gasteiger partial charge in [0.1, 0.15) is 0 Å². The highest BCUT2D eigenvalue weighted by Gasteiger charge is 2.60. The van der Waals surface area contributed by atoms with Gasteiger partial charge in [0, 0.05) is 6.42 Å². The van der Waals surface area contributed by atoms with Crippen molar-refractivity contribution in [2.24, 2.45) is 46.3 Å². The molecule has 0 saturated heterocycles. The molecule has 4 nitrogen and oxygen atoms in total. The molecule has 4 heteroatoms. The van der Waals surface area contributed by atoms with E-state index in [2.05, 4.69) is 20.8 Å². The van der Waals surface area contributed by atoms with Crippen LogP contribution in [0.25, 0.3) is 0 Å². The van der Waals surface area contributed by atoms with E-state index in [-0.39, 0.29) is 6.61 Å². The molecule has 172 valence electrons. The molecule has 0 radical (unpaired) electrons. The van der Waals surface area contributed by atoms with Crippen LogP contribution in [0.15, 0.2) is 0 Å². The third-order valence-electron chi connectivity index (χ3n) is 10.6. The number of fused-ring (bicyclic) bond motifs is 5. The molecule has 2 N–H and O–H groups in total. The fourth-order valence-electron chi connectivity index (χ4n) is 9.12. The third-order valence-corrected chi connectivity index (χ3v) is 10.6. The highest BCUT2D eigenvalue weighted by molar-refractivity contribution is 5.66. The molecule has 0 amide bonds. The first kappa shape index (κ1) is 22.6. The zero-order valence-electron chi connectivity index (χ0n) is 19.4. The number of hydrogen-bond donors (Lipinski definition) is 2. The van der Waals surface area contributed by atoms with E-state index in [1.165, 1.54) is 51.4 Å². The first-order chi connectivity index (χ1) is 14.3. The first-order valence-corrected chi connectivity index (χ1v) is 12.7. The molecule has 9 atom stereocenters. The summed E-state index contributed by atoms with van der Waals surface area (Å²) in [6.45, 7) is 8.11. The fourth-order valence-corrected chi connectivity index (χ4v) is 9.12. The summed E-state index contributed by atoms with van der Waals surface area (Å²) < 4.78 is 5.94. The summed E-state index contributed by atoms with van der Waals surface area (Å²) in [5.74, 6) is 3.95. The zero-order valence-corrected chi connectivity index (χ0v) is 19.4. The second-order valence-corrected chi connectivity index (χ2v) is 11.8. The van der Waals surface area contributed by atoms with Gasteiger partial charge in [0.15, 0.2) is 0 Å².